The van der Waals surface area contributed by atoms with E-state index < -0.39 is 26.1 Å². The highest BCUT2D eigenvalue weighted by molar-refractivity contribution is 7.92. The second-order valence-electron chi connectivity index (χ2n) is 11.1. The van der Waals surface area contributed by atoms with Crippen LogP contribution in [0.1, 0.15) is 30.4 Å². The van der Waals surface area contributed by atoms with Crippen molar-refractivity contribution < 1.29 is 26.4 Å². The maximum absolute atomic E-state index is 13.7. The van der Waals surface area contributed by atoms with E-state index >= 15 is 0 Å². The van der Waals surface area contributed by atoms with Crippen LogP contribution < -0.4 is 9.03 Å². The Hall–Kier alpha value is -2.51. The Morgan fingerprint density at radius 3 is 2.30 bits per heavy atom. The number of hydrogen-bond donors (Lipinski definition) is 1. The van der Waals surface area contributed by atoms with E-state index in [0.717, 1.165) is 30.6 Å². The number of amides is 1. The van der Waals surface area contributed by atoms with Gasteiger partial charge >= 0.3 is 0 Å². The van der Waals surface area contributed by atoms with Crippen molar-refractivity contribution in [3.05, 3.63) is 65.7 Å². The highest BCUT2D eigenvalue weighted by atomic mass is 32.2. The fourth-order valence-corrected chi connectivity index (χ4v) is 8.06. The number of nitrogens with zero attached hydrogens (tertiary/aromatic N) is 3. The second-order valence-corrected chi connectivity index (χ2v) is 14.9. The highest BCUT2D eigenvalue weighted by Gasteiger charge is 2.48. The molecule has 40 heavy (non-hydrogen) atoms. The minimum atomic E-state index is -3.71. The minimum absolute atomic E-state index is 0.0727. The molecule has 3 aliphatic rings. The van der Waals surface area contributed by atoms with Gasteiger partial charge in [0.05, 0.1) is 30.9 Å². The molecular weight excluding hydrogens is 552 g/mol. The molecule has 0 radical (unpaired) electrons. The van der Waals surface area contributed by atoms with Crippen LogP contribution in [0.3, 0.4) is 0 Å². The maximum atomic E-state index is 13.7. The number of hydrogen-bond acceptors (Lipinski definition) is 7. The summed E-state index contributed by atoms with van der Waals surface area (Å²) >= 11 is 0. The van der Waals surface area contributed by atoms with Gasteiger partial charge in [-0.1, -0.05) is 48.5 Å². The van der Waals surface area contributed by atoms with Crippen LogP contribution in [-0.4, -0.2) is 96.5 Å². The minimum Gasteiger partial charge on any atom is -0.375 e. The summed E-state index contributed by atoms with van der Waals surface area (Å²) in [7, 11) is -7.15. The molecule has 0 aliphatic carbocycles. The van der Waals surface area contributed by atoms with Crippen molar-refractivity contribution in [1.29, 1.82) is 0 Å². The summed E-state index contributed by atoms with van der Waals surface area (Å²) in [6.45, 7) is 3.56. The number of likely N-dealkylation sites (tertiary alicyclic amines) is 2. The molecule has 0 saturated carbocycles. The molecular formula is C28H38N4O6S2. The Kier molecular flexibility index (Phi) is 8.53. The van der Waals surface area contributed by atoms with Crippen LogP contribution >= 0.6 is 0 Å². The van der Waals surface area contributed by atoms with Crippen LogP contribution in [0.4, 0.5) is 5.69 Å². The summed E-state index contributed by atoms with van der Waals surface area (Å²) in [5, 5.41) is 0. The lowest BCUT2D eigenvalue weighted by atomic mass is 9.74. The number of sulfonamides is 2. The average molecular weight is 591 g/mol. The van der Waals surface area contributed by atoms with Gasteiger partial charge in [0, 0.05) is 31.6 Å². The molecule has 0 aromatic heterocycles. The number of ether oxygens (including phenoxy) is 1. The molecule has 1 atom stereocenters. The molecule has 218 valence electrons. The van der Waals surface area contributed by atoms with Crippen LogP contribution in [-0.2, 0) is 41.6 Å². The molecule has 2 aromatic carbocycles. The van der Waals surface area contributed by atoms with E-state index in [9.17, 15) is 21.6 Å². The molecule has 0 unspecified atom stereocenters. The average Bonchev–Trinajstić information content (AvgIpc) is 3.22. The number of carbonyl (C=O) groups is 1. The van der Waals surface area contributed by atoms with Crippen molar-refractivity contribution in [3.63, 3.8) is 0 Å². The summed E-state index contributed by atoms with van der Waals surface area (Å²) in [6, 6.07) is 16.1. The molecule has 2 saturated heterocycles. The number of fused-ring (bicyclic) bond motifs is 2. The highest BCUT2D eigenvalue weighted by Crippen LogP contribution is 2.47. The number of nitrogens with one attached hydrogen (secondary N) is 1. The number of benzene rings is 2. The molecule has 1 amide bonds. The Bertz CT molecular complexity index is 1410. The van der Waals surface area contributed by atoms with Crippen LogP contribution in [0.2, 0.25) is 0 Å². The van der Waals surface area contributed by atoms with Gasteiger partial charge in [-0.2, -0.15) is 0 Å². The SMILES string of the molecule is CS(=O)(=O)N1CC2(CCN(C(=O)[C@@H](COCc3ccccc3)NS(=O)(=O)CCN3CCC3)CC2)c2ccccc21. The summed E-state index contributed by atoms with van der Waals surface area (Å²) in [6.07, 6.45) is 3.46. The van der Waals surface area contributed by atoms with E-state index in [1.54, 1.807) is 4.90 Å². The molecule has 1 spiro atoms. The monoisotopic (exact) mass is 590 g/mol. The lowest BCUT2D eigenvalue weighted by molar-refractivity contribution is -0.136. The Labute approximate surface area is 237 Å². The maximum Gasteiger partial charge on any atom is 0.243 e. The summed E-state index contributed by atoms with van der Waals surface area (Å²) < 4.78 is 60.9. The molecule has 12 heteroatoms. The van der Waals surface area contributed by atoms with E-state index in [1.165, 1.54) is 10.6 Å². The number of para-hydroxylation sites is 1. The standard InChI is InChI=1S/C28H38N4O6S2/c1-39(34,35)32-22-28(24-10-5-6-11-26(24)32)12-16-31(17-13-28)27(33)25(21-38-20-23-8-3-2-4-9-23)29-40(36,37)19-18-30-14-7-15-30/h2-6,8-11,25,29H,7,12-22H2,1H3/t25-/m1/s1. The Morgan fingerprint density at radius 1 is 0.975 bits per heavy atom. The zero-order chi connectivity index (χ0) is 28.4. The van der Waals surface area contributed by atoms with Gasteiger partial charge in [-0.25, -0.2) is 21.6 Å². The quantitative estimate of drug-likeness (QED) is 0.422. The van der Waals surface area contributed by atoms with Gasteiger partial charge < -0.3 is 14.5 Å². The molecule has 2 aromatic rings. The molecule has 10 nitrogen and oxygen atoms in total. The van der Waals surface area contributed by atoms with Gasteiger partial charge in [-0.15, -0.1) is 0 Å². The van der Waals surface area contributed by atoms with E-state index in [-0.39, 0.29) is 30.3 Å². The lowest BCUT2D eigenvalue weighted by Crippen LogP contribution is -2.55. The Balaban J connectivity index is 1.27. The number of carbonyl (C=O) groups excluding carboxylic acids is 1. The fourth-order valence-electron chi connectivity index (χ4n) is 5.84. The summed E-state index contributed by atoms with van der Waals surface area (Å²) in [5.41, 5.74) is 2.24. The van der Waals surface area contributed by atoms with Gasteiger partial charge in [-0.05, 0) is 49.5 Å². The first-order chi connectivity index (χ1) is 19.1. The third-order valence-corrected chi connectivity index (χ3v) is 10.8. The smallest absolute Gasteiger partial charge is 0.243 e. The van der Waals surface area contributed by atoms with Gasteiger partial charge in [-0.3, -0.25) is 9.10 Å². The van der Waals surface area contributed by atoms with Crippen molar-refractivity contribution >= 4 is 31.6 Å². The van der Waals surface area contributed by atoms with Gasteiger partial charge in [0.1, 0.15) is 6.04 Å². The first kappa shape index (κ1) is 29.0. The third-order valence-electron chi connectivity index (χ3n) is 8.26. The van der Waals surface area contributed by atoms with E-state index in [0.29, 0.717) is 44.7 Å². The van der Waals surface area contributed by atoms with Crippen molar-refractivity contribution in [2.24, 2.45) is 0 Å². The zero-order valence-corrected chi connectivity index (χ0v) is 24.5. The fraction of sp³-hybridized carbons (Fsp3) is 0.536. The third kappa shape index (κ3) is 6.52. The first-order valence-corrected chi connectivity index (χ1v) is 17.3. The van der Waals surface area contributed by atoms with Crippen LogP contribution in [0.25, 0.3) is 0 Å². The summed E-state index contributed by atoms with van der Waals surface area (Å²) in [4.78, 5) is 17.5. The second kappa shape index (κ2) is 11.8. The molecule has 1 N–H and O–H groups in total. The normalized spacial score (nSPS) is 19.8. The van der Waals surface area contributed by atoms with Crippen LogP contribution in [0, 0.1) is 0 Å². The van der Waals surface area contributed by atoms with Crippen molar-refractivity contribution in [2.75, 3.05) is 62.2 Å². The van der Waals surface area contributed by atoms with Crippen molar-refractivity contribution in [3.8, 4) is 0 Å². The topological polar surface area (TPSA) is 116 Å². The largest absolute Gasteiger partial charge is 0.375 e. The molecule has 0 bridgehead atoms. The van der Waals surface area contributed by atoms with Crippen LogP contribution in [0.5, 0.6) is 0 Å². The van der Waals surface area contributed by atoms with E-state index in [4.69, 9.17) is 4.74 Å². The first-order valence-electron chi connectivity index (χ1n) is 13.8. The summed E-state index contributed by atoms with van der Waals surface area (Å²) in [5.74, 6) is -0.391. The van der Waals surface area contributed by atoms with Gasteiger partial charge in [0.2, 0.25) is 26.0 Å². The molecule has 3 aliphatic heterocycles. The predicted octanol–water partition coefficient (Wildman–Crippen LogP) is 1.54. The number of rotatable bonds is 11. The van der Waals surface area contributed by atoms with Crippen molar-refractivity contribution in [2.45, 2.75) is 37.3 Å². The zero-order valence-electron chi connectivity index (χ0n) is 22.9. The lowest BCUT2D eigenvalue weighted by Gasteiger charge is -2.41. The van der Waals surface area contributed by atoms with Gasteiger partial charge in [0.15, 0.2) is 0 Å². The molecule has 5 rings (SSSR count). The van der Waals surface area contributed by atoms with Crippen molar-refractivity contribution in [1.82, 2.24) is 14.5 Å². The Morgan fingerprint density at radius 2 is 1.65 bits per heavy atom. The van der Waals surface area contributed by atoms with Crippen LogP contribution in [0.15, 0.2) is 54.6 Å². The van der Waals surface area contributed by atoms with E-state index in [2.05, 4.69) is 9.62 Å². The number of piperidine rings is 1. The molecule has 2 fully saturated rings. The van der Waals surface area contributed by atoms with Gasteiger partial charge in [0.25, 0.3) is 0 Å². The number of anilines is 1. The van der Waals surface area contributed by atoms with E-state index in [1.807, 2.05) is 54.6 Å². The molecule has 3 heterocycles. The predicted molar refractivity (Wildman–Crippen MR) is 154 cm³/mol.